The van der Waals surface area contributed by atoms with Gasteiger partial charge in [0.25, 0.3) is 0 Å². The van der Waals surface area contributed by atoms with Crippen LogP contribution < -0.4 is 15.2 Å². The van der Waals surface area contributed by atoms with Crippen molar-refractivity contribution in [3.8, 4) is 11.5 Å². The van der Waals surface area contributed by atoms with Crippen molar-refractivity contribution < 1.29 is 14.4 Å². The molecule has 0 radical (unpaired) electrons. The molecule has 0 aliphatic heterocycles. The van der Waals surface area contributed by atoms with E-state index in [1.54, 1.807) is 24.3 Å². The quantitative estimate of drug-likeness (QED) is 0.392. The number of benzene rings is 2. The fourth-order valence-electron chi connectivity index (χ4n) is 1.74. The molecule has 0 spiro atoms. The predicted molar refractivity (Wildman–Crippen MR) is 81.2 cm³/mol. The van der Waals surface area contributed by atoms with Gasteiger partial charge < -0.3 is 15.2 Å². The van der Waals surface area contributed by atoms with E-state index in [-0.39, 0.29) is 17.2 Å². The normalized spacial score (nSPS) is 10.6. The molecule has 0 atom stereocenters. The highest BCUT2D eigenvalue weighted by Crippen LogP contribution is 2.39. The number of ether oxygens (including phenoxy) is 2. The molecule has 2 aromatic rings. The molecule has 0 aliphatic rings. The Morgan fingerprint density at radius 1 is 1.05 bits per heavy atom. The molecule has 0 fully saturated rings. The zero-order chi connectivity index (χ0) is 16.1. The van der Waals surface area contributed by atoms with Gasteiger partial charge in [-0.3, -0.25) is 10.1 Å². The van der Waals surface area contributed by atoms with Gasteiger partial charge in [-0.2, -0.15) is 5.11 Å². The molecular formula is C14H14N4O4. The molecule has 0 saturated carbocycles. The van der Waals surface area contributed by atoms with Gasteiger partial charge in [0.05, 0.1) is 30.9 Å². The number of nitrogens with zero attached hydrogens (tertiary/aromatic N) is 3. The average Bonchev–Trinajstić information content (AvgIpc) is 2.53. The number of azo groups is 1. The number of nitrogen functional groups attached to an aromatic ring is 1. The third-order valence-electron chi connectivity index (χ3n) is 2.84. The molecule has 0 aliphatic carbocycles. The van der Waals surface area contributed by atoms with E-state index in [0.717, 1.165) is 0 Å². The van der Waals surface area contributed by atoms with Crippen LogP contribution in [-0.4, -0.2) is 19.1 Å². The minimum absolute atomic E-state index is 0.0806. The molecule has 0 bridgehead atoms. The molecule has 0 aromatic heterocycles. The second kappa shape index (κ2) is 6.53. The Morgan fingerprint density at radius 3 is 2.23 bits per heavy atom. The first kappa shape index (κ1) is 15.2. The maximum Gasteiger partial charge on any atom is 0.314 e. The summed E-state index contributed by atoms with van der Waals surface area (Å²) in [6.45, 7) is 0. The SMILES string of the molecule is COc1cc([N+](=O)[O-])c(OC)cc1N=Nc1ccc(N)cc1. The van der Waals surface area contributed by atoms with Gasteiger partial charge in [0.15, 0.2) is 11.5 Å². The van der Waals surface area contributed by atoms with Gasteiger partial charge in [-0.05, 0) is 24.3 Å². The third-order valence-corrected chi connectivity index (χ3v) is 2.84. The van der Waals surface area contributed by atoms with Crippen molar-refractivity contribution in [1.29, 1.82) is 0 Å². The number of nitro benzene ring substituents is 1. The zero-order valence-electron chi connectivity index (χ0n) is 12.0. The molecule has 0 saturated heterocycles. The van der Waals surface area contributed by atoms with Crippen molar-refractivity contribution in [3.63, 3.8) is 0 Å². The van der Waals surface area contributed by atoms with Gasteiger partial charge in [0.2, 0.25) is 0 Å². The van der Waals surface area contributed by atoms with E-state index in [2.05, 4.69) is 10.2 Å². The Bertz CT molecular complexity index is 714. The first-order valence-corrected chi connectivity index (χ1v) is 6.23. The van der Waals surface area contributed by atoms with Crippen LogP contribution in [-0.2, 0) is 0 Å². The minimum atomic E-state index is -0.553. The zero-order valence-corrected chi connectivity index (χ0v) is 12.0. The fraction of sp³-hybridized carbons (Fsp3) is 0.143. The van der Waals surface area contributed by atoms with Crippen LogP contribution >= 0.6 is 0 Å². The summed E-state index contributed by atoms with van der Waals surface area (Å²) in [5.41, 5.74) is 6.92. The molecule has 114 valence electrons. The monoisotopic (exact) mass is 302 g/mol. The van der Waals surface area contributed by atoms with E-state index in [0.29, 0.717) is 17.1 Å². The van der Waals surface area contributed by atoms with E-state index >= 15 is 0 Å². The standard InChI is InChI=1S/C14H14N4O4/c1-21-13-8-12(18(19)20)14(22-2)7-11(13)17-16-10-5-3-9(15)4-6-10/h3-8H,15H2,1-2H3. The molecule has 0 heterocycles. The Balaban J connectivity index is 2.41. The first-order valence-electron chi connectivity index (χ1n) is 6.23. The molecule has 2 aromatic carbocycles. The lowest BCUT2D eigenvalue weighted by atomic mass is 10.2. The number of hydrogen-bond donors (Lipinski definition) is 1. The second-order valence-corrected chi connectivity index (χ2v) is 4.24. The van der Waals surface area contributed by atoms with E-state index in [4.69, 9.17) is 15.2 Å². The van der Waals surface area contributed by atoms with E-state index < -0.39 is 4.92 Å². The molecule has 2 N–H and O–H groups in total. The third kappa shape index (κ3) is 3.29. The topological polar surface area (TPSA) is 112 Å². The van der Waals surface area contributed by atoms with Crippen molar-refractivity contribution in [2.24, 2.45) is 10.2 Å². The number of anilines is 1. The highest BCUT2D eigenvalue weighted by atomic mass is 16.6. The van der Waals surface area contributed by atoms with Crippen molar-refractivity contribution in [1.82, 2.24) is 0 Å². The van der Waals surface area contributed by atoms with Crippen LogP contribution in [0.25, 0.3) is 0 Å². The number of hydrogen-bond acceptors (Lipinski definition) is 7. The summed E-state index contributed by atoms with van der Waals surface area (Å²) in [7, 11) is 2.74. The van der Waals surface area contributed by atoms with E-state index in [9.17, 15) is 10.1 Å². The van der Waals surface area contributed by atoms with Crippen LogP contribution in [0.1, 0.15) is 0 Å². The van der Waals surface area contributed by atoms with Gasteiger partial charge in [-0.15, -0.1) is 5.11 Å². The van der Waals surface area contributed by atoms with Gasteiger partial charge in [-0.1, -0.05) is 0 Å². The van der Waals surface area contributed by atoms with E-state index in [1.807, 2.05) is 0 Å². The van der Waals surface area contributed by atoms with Gasteiger partial charge in [0, 0.05) is 11.8 Å². The average molecular weight is 302 g/mol. The fourth-order valence-corrected chi connectivity index (χ4v) is 1.74. The molecule has 22 heavy (non-hydrogen) atoms. The van der Waals surface area contributed by atoms with Crippen LogP contribution in [0, 0.1) is 10.1 Å². The van der Waals surface area contributed by atoms with Crippen molar-refractivity contribution in [2.45, 2.75) is 0 Å². The van der Waals surface area contributed by atoms with Gasteiger partial charge in [-0.25, -0.2) is 0 Å². The Hall–Kier alpha value is -3.16. The predicted octanol–water partition coefficient (Wildman–Crippen LogP) is 3.61. The second-order valence-electron chi connectivity index (χ2n) is 4.24. The number of methoxy groups -OCH3 is 2. The number of rotatable bonds is 5. The molecule has 0 unspecified atom stereocenters. The molecule has 8 heteroatoms. The summed E-state index contributed by atoms with van der Waals surface area (Å²) in [6.07, 6.45) is 0. The maximum absolute atomic E-state index is 11.0. The van der Waals surface area contributed by atoms with Crippen molar-refractivity contribution in [3.05, 3.63) is 46.5 Å². The van der Waals surface area contributed by atoms with Gasteiger partial charge in [0.1, 0.15) is 5.69 Å². The van der Waals surface area contributed by atoms with Crippen LogP contribution in [0.2, 0.25) is 0 Å². The Morgan fingerprint density at radius 2 is 1.68 bits per heavy atom. The molecule has 8 nitrogen and oxygen atoms in total. The lowest BCUT2D eigenvalue weighted by molar-refractivity contribution is -0.385. The minimum Gasteiger partial charge on any atom is -0.494 e. The Kier molecular flexibility index (Phi) is 4.52. The largest absolute Gasteiger partial charge is 0.494 e. The van der Waals surface area contributed by atoms with Crippen LogP contribution in [0.4, 0.5) is 22.7 Å². The lowest BCUT2D eigenvalue weighted by Crippen LogP contribution is -1.95. The van der Waals surface area contributed by atoms with Crippen LogP contribution in [0.15, 0.2) is 46.6 Å². The number of nitro groups is 1. The Labute approximate surface area is 126 Å². The highest BCUT2D eigenvalue weighted by molar-refractivity contribution is 5.64. The first-order chi connectivity index (χ1) is 10.5. The number of nitrogens with two attached hydrogens (primary N) is 1. The summed E-state index contributed by atoms with van der Waals surface area (Å²) >= 11 is 0. The van der Waals surface area contributed by atoms with Crippen LogP contribution in [0.3, 0.4) is 0 Å². The molecule has 0 amide bonds. The summed E-state index contributed by atoms with van der Waals surface area (Å²) in [6, 6.07) is 9.44. The van der Waals surface area contributed by atoms with Crippen LogP contribution in [0.5, 0.6) is 11.5 Å². The summed E-state index contributed by atoms with van der Waals surface area (Å²) < 4.78 is 10.1. The van der Waals surface area contributed by atoms with E-state index in [1.165, 1.54) is 26.4 Å². The highest BCUT2D eigenvalue weighted by Gasteiger charge is 2.19. The molecular weight excluding hydrogens is 288 g/mol. The molecule has 2 rings (SSSR count). The maximum atomic E-state index is 11.0. The summed E-state index contributed by atoms with van der Waals surface area (Å²) in [5.74, 6) is 0.309. The van der Waals surface area contributed by atoms with Crippen molar-refractivity contribution >= 4 is 22.7 Å². The summed E-state index contributed by atoms with van der Waals surface area (Å²) in [4.78, 5) is 10.4. The van der Waals surface area contributed by atoms with Gasteiger partial charge >= 0.3 is 5.69 Å². The lowest BCUT2D eigenvalue weighted by Gasteiger charge is -2.07. The smallest absolute Gasteiger partial charge is 0.314 e. The van der Waals surface area contributed by atoms with Crippen molar-refractivity contribution in [2.75, 3.05) is 20.0 Å². The summed E-state index contributed by atoms with van der Waals surface area (Å²) in [5, 5.41) is 19.1.